The highest BCUT2D eigenvalue weighted by molar-refractivity contribution is 5.11. The molecule has 3 aliphatic rings. The summed E-state index contributed by atoms with van der Waals surface area (Å²) in [6, 6.07) is 3.02. The quantitative estimate of drug-likeness (QED) is 0.857. The molecule has 0 radical (unpaired) electrons. The molecule has 0 bridgehead atoms. The SMILES string of the molecule is c1c(C2CCCCC2)noc1CN1CCN2CCCC[C@@H]2C1. The highest BCUT2D eigenvalue weighted by atomic mass is 16.5. The Balaban J connectivity index is 1.34. The maximum Gasteiger partial charge on any atom is 0.150 e. The smallest absolute Gasteiger partial charge is 0.150 e. The Kier molecular flexibility index (Phi) is 4.49. The summed E-state index contributed by atoms with van der Waals surface area (Å²) < 4.78 is 5.65. The van der Waals surface area contributed by atoms with Crippen LogP contribution in [-0.4, -0.2) is 47.2 Å². The predicted octanol–water partition coefficient (Wildman–Crippen LogP) is 3.39. The third-order valence-corrected chi connectivity index (χ3v) is 5.90. The highest BCUT2D eigenvalue weighted by Crippen LogP contribution is 2.32. The molecular formula is C18H29N3O. The monoisotopic (exact) mass is 303 g/mol. The highest BCUT2D eigenvalue weighted by Gasteiger charge is 2.29. The van der Waals surface area contributed by atoms with E-state index < -0.39 is 0 Å². The molecule has 1 saturated carbocycles. The Morgan fingerprint density at radius 3 is 2.77 bits per heavy atom. The van der Waals surface area contributed by atoms with Crippen molar-refractivity contribution >= 4 is 0 Å². The van der Waals surface area contributed by atoms with Gasteiger partial charge in [0.25, 0.3) is 0 Å². The molecule has 0 amide bonds. The summed E-state index contributed by atoms with van der Waals surface area (Å²) in [7, 11) is 0. The van der Waals surface area contributed by atoms with E-state index in [-0.39, 0.29) is 0 Å². The van der Waals surface area contributed by atoms with Gasteiger partial charge in [0.15, 0.2) is 5.76 Å². The first-order valence-electron chi connectivity index (χ1n) is 9.30. The molecule has 3 fully saturated rings. The molecule has 3 heterocycles. The standard InChI is InChI=1S/C18H29N3O/c1-2-6-15(7-3-1)18-12-17(22-19-18)14-20-10-11-21-9-5-4-8-16(21)13-20/h12,15-16H,1-11,13-14H2/t16-/m1/s1. The summed E-state index contributed by atoms with van der Waals surface area (Å²) in [5.41, 5.74) is 1.21. The van der Waals surface area contributed by atoms with Crippen molar-refractivity contribution in [2.45, 2.75) is 69.9 Å². The molecule has 1 aromatic heterocycles. The summed E-state index contributed by atoms with van der Waals surface area (Å²) in [5.74, 6) is 1.73. The second-order valence-electron chi connectivity index (χ2n) is 7.47. The first kappa shape index (κ1) is 14.7. The van der Waals surface area contributed by atoms with Gasteiger partial charge < -0.3 is 4.52 Å². The predicted molar refractivity (Wildman–Crippen MR) is 86.8 cm³/mol. The lowest BCUT2D eigenvalue weighted by Crippen LogP contribution is -2.54. The zero-order valence-electron chi connectivity index (χ0n) is 13.7. The molecule has 4 rings (SSSR count). The van der Waals surface area contributed by atoms with Crippen LogP contribution in [0.5, 0.6) is 0 Å². The normalized spacial score (nSPS) is 28.6. The van der Waals surface area contributed by atoms with Crippen LogP contribution in [0.4, 0.5) is 0 Å². The van der Waals surface area contributed by atoms with E-state index in [9.17, 15) is 0 Å². The topological polar surface area (TPSA) is 32.5 Å². The van der Waals surface area contributed by atoms with Crippen LogP contribution in [0.2, 0.25) is 0 Å². The fourth-order valence-electron chi connectivity index (χ4n) is 4.58. The van der Waals surface area contributed by atoms with Crippen LogP contribution < -0.4 is 0 Å². The van der Waals surface area contributed by atoms with E-state index >= 15 is 0 Å². The van der Waals surface area contributed by atoms with E-state index in [2.05, 4.69) is 21.0 Å². The molecular weight excluding hydrogens is 274 g/mol. The Labute approximate surface area is 133 Å². The van der Waals surface area contributed by atoms with Crippen LogP contribution >= 0.6 is 0 Å². The van der Waals surface area contributed by atoms with Crippen molar-refractivity contribution in [3.63, 3.8) is 0 Å². The molecule has 0 N–H and O–H groups in total. The molecule has 2 aliphatic heterocycles. The summed E-state index contributed by atoms with van der Waals surface area (Å²) in [4.78, 5) is 5.26. The molecule has 4 nitrogen and oxygen atoms in total. The van der Waals surface area contributed by atoms with Crippen molar-refractivity contribution in [3.05, 3.63) is 17.5 Å². The number of hydrogen-bond acceptors (Lipinski definition) is 4. The van der Waals surface area contributed by atoms with Crippen LogP contribution in [-0.2, 0) is 6.54 Å². The average molecular weight is 303 g/mol. The van der Waals surface area contributed by atoms with Gasteiger partial charge in [-0.3, -0.25) is 9.80 Å². The van der Waals surface area contributed by atoms with Crippen molar-refractivity contribution in [2.75, 3.05) is 26.2 Å². The summed E-state index contributed by atoms with van der Waals surface area (Å²) >= 11 is 0. The zero-order valence-corrected chi connectivity index (χ0v) is 13.7. The first-order valence-corrected chi connectivity index (χ1v) is 9.30. The van der Waals surface area contributed by atoms with Gasteiger partial charge in [-0.25, -0.2) is 0 Å². The summed E-state index contributed by atoms with van der Waals surface area (Å²) in [5, 5.41) is 4.37. The summed E-state index contributed by atoms with van der Waals surface area (Å²) in [6.07, 6.45) is 10.9. The van der Waals surface area contributed by atoms with Crippen LogP contribution in [0.25, 0.3) is 0 Å². The number of nitrogens with zero attached hydrogens (tertiary/aromatic N) is 3. The Hall–Kier alpha value is -0.870. The largest absolute Gasteiger partial charge is 0.360 e. The minimum absolute atomic E-state index is 0.654. The zero-order chi connectivity index (χ0) is 14.8. The number of aromatic nitrogens is 1. The van der Waals surface area contributed by atoms with Gasteiger partial charge in [0.1, 0.15) is 0 Å². The molecule has 1 aliphatic carbocycles. The van der Waals surface area contributed by atoms with Gasteiger partial charge in [-0.2, -0.15) is 0 Å². The fraction of sp³-hybridized carbons (Fsp3) is 0.833. The number of fused-ring (bicyclic) bond motifs is 1. The first-order chi connectivity index (χ1) is 10.9. The van der Waals surface area contributed by atoms with E-state index in [0.29, 0.717) is 5.92 Å². The maximum absolute atomic E-state index is 5.65. The molecule has 1 atom stereocenters. The van der Waals surface area contributed by atoms with Gasteiger partial charge in [-0.1, -0.05) is 30.8 Å². The third kappa shape index (κ3) is 3.23. The van der Waals surface area contributed by atoms with E-state index in [4.69, 9.17) is 4.52 Å². The van der Waals surface area contributed by atoms with Crippen molar-refractivity contribution in [1.82, 2.24) is 15.0 Å². The van der Waals surface area contributed by atoms with Gasteiger partial charge >= 0.3 is 0 Å². The van der Waals surface area contributed by atoms with Gasteiger partial charge in [0.05, 0.1) is 12.2 Å². The molecule has 0 spiro atoms. The molecule has 0 aromatic carbocycles. The molecule has 4 heteroatoms. The summed E-state index contributed by atoms with van der Waals surface area (Å²) in [6.45, 7) is 5.88. The second kappa shape index (κ2) is 6.71. The minimum atomic E-state index is 0.654. The van der Waals surface area contributed by atoms with E-state index in [0.717, 1.165) is 18.3 Å². The van der Waals surface area contributed by atoms with Crippen molar-refractivity contribution in [2.24, 2.45) is 0 Å². The molecule has 1 aromatic rings. The van der Waals surface area contributed by atoms with Crippen molar-refractivity contribution in [3.8, 4) is 0 Å². The van der Waals surface area contributed by atoms with Crippen LogP contribution in [0.1, 0.15) is 68.7 Å². The van der Waals surface area contributed by atoms with Crippen molar-refractivity contribution < 1.29 is 4.52 Å². The van der Waals surface area contributed by atoms with E-state index in [1.165, 1.54) is 83.2 Å². The number of piperidine rings is 1. The number of hydrogen-bond donors (Lipinski definition) is 0. The molecule has 0 unspecified atom stereocenters. The lowest BCUT2D eigenvalue weighted by atomic mass is 9.87. The van der Waals surface area contributed by atoms with Crippen LogP contribution in [0.3, 0.4) is 0 Å². The third-order valence-electron chi connectivity index (χ3n) is 5.90. The molecule has 22 heavy (non-hydrogen) atoms. The van der Waals surface area contributed by atoms with Gasteiger partial charge in [0, 0.05) is 37.7 Å². The van der Waals surface area contributed by atoms with Crippen molar-refractivity contribution in [1.29, 1.82) is 0 Å². The fourth-order valence-corrected chi connectivity index (χ4v) is 4.58. The lowest BCUT2D eigenvalue weighted by Gasteiger charge is -2.43. The van der Waals surface area contributed by atoms with E-state index in [1.54, 1.807) is 0 Å². The second-order valence-corrected chi connectivity index (χ2v) is 7.47. The molecule has 122 valence electrons. The Bertz CT molecular complexity index is 480. The minimum Gasteiger partial charge on any atom is -0.360 e. The van der Waals surface area contributed by atoms with Gasteiger partial charge in [-0.05, 0) is 32.2 Å². The maximum atomic E-state index is 5.65. The lowest BCUT2D eigenvalue weighted by molar-refractivity contribution is 0.0417. The average Bonchev–Trinajstić information content (AvgIpc) is 3.04. The number of rotatable bonds is 3. The Morgan fingerprint density at radius 2 is 1.86 bits per heavy atom. The van der Waals surface area contributed by atoms with Gasteiger partial charge in [0.2, 0.25) is 0 Å². The van der Waals surface area contributed by atoms with Crippen LogP contribution in [0.15, 0.2) is 10.6 Å². The van der Waals surface area contributed by atoms with E-state index in [1.807, 2.05) is 0 Å². The number of piperazine rings is 1. The molecule has 2 saturated heterocycles. The van der Waals surface area contributed by atoms with Gasteiger partial charge in [-0.15, -0.1) is 0 Å². The van der Waals surface area contributed by atoms with Crippen LogP contribution in [0, 0.1) is 0 Å². The Morgan fingerprint density at radius 1 is 1.00 bits per heavy atom.